The van der Waals surface area contributed by atoms with Crippen LogP contribution in [0, 0.1) is 5.92 Å². The normalized spacial score (nSPS) is 11.8. The van der Waals surface area contributed by atoms with Gasteiger partial charge in [0, 0.05) is 12.8 Å². The van der Waals surface area contributed by atoms with Crippen LogP contribution in [0.5, 0.6) is 0 Å². The van der Waals surface area contributed by atoms with Crippen LogP contribution in [-0.2, 0) is 9.59 Å². The van der Waals surface area contributed by atoms with E-state index in [2.05, 4.69) is 15.3 Å². The zero-order valence-corrected chi connectivity index (χ0v) is 8.88. The van der Waals surface area contributed by atoms with Crippen LogP contribution >= 0.6 is 0 Å². The molecule has 1 rings (SSSR count). The fourth-order valence-corrected chi connectivity index (χ4v) is 1.26. The van der Waals surface area contributed by atoms with Gasteiger partial charge in [0.2, 0.25) is 5.91 Å². The molecule has 6 nitrogen and oxygen atoms in total. The Morgan fingerprint density at radius 3 is 2.56 bits per heavy atom. The Kier molecular flexibility index (Phi) is 4.38. The summed E-state index contributed by atoms with van der Waals surface area (Å²) in [4.78, 5) is 29.3. The summed E-state index contributed by atoms with van der Waals surface area (Å²) in [7, 11) is 0. The van der Waals surface area contributed by atoms with Crippen LogP contribution in [-0.4, -0.2) is 27.0 Å². The molecule has 0 aromatic carbocycles. The molecule has 0 radical (unpaired) electrons. The summed E-state index contributed by atoms with van der Waals surface area (Å²) in [6, 6.07) is 0. The smallest absolute Gasteiger partial charge is 0.303 e. The molecule has 86 valence electrons. The summed E-state index contributed by atoms with van der Waals surface area (Å²) >= 11 is 0. The summed E-state index contributed by atoms with van der Waals surface area (Å²) < 4.78 is 0. The quantitative estimate of drug-likeness (QED) is 0.774. The van der Waals surface area contributed by atoms with E-state index in [9.17, 15) is 9.59 Å². The molecule has 0 saturated heterocycles. The van der Waals surface area contributed by atoms with Crippen molar-refractivity contribution in [1.29, 1.82) is 0 Å². The van der Waals surface area contributed by atoms with E-state index >= 15 is 0 Å². The van der Waals surface area contributed by atoms with Crippen molar-refractivity contribution in [3.63, 3.8) is 0 Å². The predicted octanol–water partition coefficient (Wildman–Crippen LogP) is 0.916. The van der Waals surface area contributed by atoms with Crippen molar-refractivity contribution >= 4 is 17.6 Å². The third kappa shape index (κ3) is 4.50. The summed E-state index contributed by atoms with van der Waals surface area (Å²) in [6.07, 6.45) is 4.47. The number of carbonyl (C=O) groups is 2. The molecule has 0 spiro atoms. The Bertz CT molecular complexity index is 367. The van der Waals surface area contributed by atoms with Crippen molar-refractivity contribution in [3.8, 4) is 0 Å². The van der Waals surface area contributed by atoms with Crippen LogP contribution in [0.2, 0.25) is 0 Å². The zero-order valence-electron chi connectivity index (χ0n) is 8.88. The molecule has 0 aliphatic heterocycles. The lowest BCUT2D eigenvalue weighted by atomic mass is 10.0. The van der Waals surface area contributed by atoms with Gasteiger partial charge in [0.25, 0.3) is 0 Å². The summed E-state index contributed by atoms with van der Waals surface area (Å²) in [5.41, 5.74) is 0.509. The van der Waals surface area contributed by atoms with Crippen LogP contribution in [0.25, 0.3) is 0 Å². The lowest BCUT2D eigenvalue weighted by Crippen LogP contribution is -2.17. The van der Waals surface area contributed by atoms with E-state index in [1.165, 1.54) is 18.7 Å². The number of amides is 1. The van der Waals surface area contributed by atoms with Gasteiger partial charge in [0.1, 0.15) is 6.33 Å². The molecular formula is C10H13N3O3. The lowest BCUT2D eigenvalue weighted by molar-refractivity contribution is -0.138. The number of hydrogen-bond acceptors (Lipinski definition) is 4. The molecule has 1 amide bonds. The van der Waals surface area contributed by atoms with E-state index in [-0.39, 0.29) is 24.7 Å². The maximum Gasteiger partial charge on any atom is 0.303 e. The molecule has 1 unspecified atom stereocenters. The topological polar surface area (TPSA) is 92.2 Å². The van der Waals surface area contributed by atoms with Gasteiger partial charge < -0.3 is 10.4 Å². The first-order valence-corrected chi connectivity index (χ1v) is 4.84. The average Bonchev–Trinajstić information content (AvgIpc) is 2.17. The van der Waals surface area contributed by atoms with E-state index in [1.807, 2.05) is 0 Å². The number of hydrogen-bond donors (Lipinski definition) is 2. The van der Waals surface area contributed by atoms with Gasteiger partial charge >= 0.3 is 5.97 Å². The van der Waals surface area contributed by atoms with Crippen LogP contribution in [0.1, 0.15) is 19.8 Å². The monoisotopic (exact) mass is 223 g/mol. The maximum absolute atomic E-state index is 11.4. The first kappa shape index (κ1) is 12.1. The second-order valence-electron chi connectivity index (χ2n) is 3.58. The SMILES string of the molecule is CC(CC(=O)O)CC(=O)Nc1cncnc1. The Morgan fingerprint density at radius 2 is 2.00 bits per heavy atom. The molecule has 1 heterocycles. The van der Waals surface area contributed by atoms with E-state index in [0.29, 0.717) is 5.69 Å². The number of carboxylic acids is 1. The van der Waals surface area contributed by atoms with Crippen LogP contribution < -0.4 is 5.32 Å². The van der Waals surface area contributed by atoms with Crippen molar-refractivity contribution in [2.24, 2.45) is 5.92 Å². The molecule has 1 aromatic rings. The minimum Gasteiger partial charge on any atom is -0.481 e. The number of nitrogens with one attached hydrogen (secondary N) is 1. The highest BCUT2D eigenvalue weighted by Crippen LogP contribution is 2.09. The average molecular weight is 223 g/mol. The van der Waals surface area contributed by atoms with Gasteiger partial charge in [-0.2, -0.15) is 0 Å². The highest BCUT2D eigenvalue weighted by atomic mass is 16.4. The van der Waals surface area contributed by atoms with Gasteiger partial charge in [0.15, 0.2) is 0 Å². The maximum atomic E-state index is 11.4. The highest BCUT2D eigenvalue weighted by molar-refractivity contribution is 5.90. The highest BCUT2D eigenvalue weighted by Gasteiger charge is 2.12. The third-order valence-electron chi connectivity index (χ3n) is 1.90. The van der Waals surface area contributed by atoms with Gasteiger partial charge in [0.05, 0.1) is 18.1 Å². The second-order valence-corrected chi connectivity index (χ2v) is 3.58. The summed E-state index contributed by atoms with van der Waals surface area (Å²) in [5, 5.41) is 11.1. The van der Waals surface area contributed by atoms with Gasteiger partial charge in [-0.05, 0) is 5.92 Å². The number of anilines is 1. The van der Waals surface area contributed by atoms with Crippen molar-refractivity contribution < 1.29 is 14.7 Å². The van der Waals surface area contributed by atoms with Gasteiger partial charge in [-0.1, -0.05) is 6.92 Å². The molecular weight excluding hydrogens is 210 g/mol. The fraction of sp³-hybridized carbons (Fsp3) is 0.400. The van der Waals surface area contributed by atoms with Crippen molar-refractivity contribution in [2.45, 2.75) is 19.8 Å². The number of carboxylic acid groups (broad SMARTS) is 1. The minimum absolute atomic E-state index is 0.0152. The molecule has 0 aliphatic rings. The lowest BCUT2D eigenvalue weighted by Gasteiger charge is -2.08. The molecule has 0 aliphatic carbocycles. The fourth-order valence-electron chi connectivity index (χ4n) is 1.26. The molecule has 0 bridgehead atoms. The van der Waals surface area contributed by atoms with Crippen LogP contribution in [0.15, 0.2) is 18.7 Å². The van der Waals surface area contributed by atoms with Gasteiger partial charge in [-0.3, -0.25) is 9.59 Å². The molecule has 1 atom stereocenters. The van der Waals surface area contributed by atoms with Gasteiger partial charge in [-0.15, -0.1) is 0 Å². The van der Waals surface area contributed by atoms with Crippen LogP contribution in [0.3, 0.4) is 0 Å². The number of aromatic nitrogens is 2. The largest absolute Gasteiger partial charge is 0.481 e. The molecule has 1 aromatic heterocycles. The number of rotatable bonds is 5. The Labute approximate surface area is 92.7 Å². The third-order valence-corrected chi connectivity index (χ3v) is 1.90. The molecule has 0 fully saturated rings. The van der Waals surface area contributed by atoms with E-state index in [4.69, 9.17) is 5.11 Å². The van der Waals surface area contributed by atoms with Crippen molar-refractivity contribution in [3.05, 3.63) is 18.7 Å². The number of aliphatic carboxylic acids is 1. The first-order chi connectivity index (χ1) is 7.58. The summed E-state index contributed by atoms with van der Waals surface area (Å²) in [5.74, 6) is -1.32. The number of nitrogens with zero attached hydrogens (tertiary/aromatic N) is 2. The summed E-state index contributed by atoms with van der Waals surface area (Å²) in [6.45, 7) is 1.72. The molecule has 0 saturated carbocycles. The molecule has 16 heavy (non-hydrogen) atoms. The zero-order chi connectivity index (χ0) is 12.0. The Morgan fingerprint density at radius 1 is 1.38 bits per heavy atom. The van der Waals surface area contributed by atoms with Crippen LogP contribution in [0.4, 0.5) is 5.69 Å². The predicted molar refractivity (Wildman–Crippen MR) is 56.7 cm³/mol. The Hall–Kier alpha value is -1.98. The second kappa shape index (κ2) is 5.79. The van der Waals surface area contributed by atoms with E-state index in [1.54, 1.807) is 6.92 Å². The van der Waals surface area contributed by atoms with Gasteiger partial charge in [-0.25, -0.2) is 9.97 Å². The number of carbonyl (C=O) groups excluding carboxylic acids is 1. The first-order valence-electron chi connectivity index (χ1n) is 4.84. The van der Waals surface area contributed by atoms with E-state index in [0.717, 1.165) is 0 Å². The minimum atomic E-state index is -0.900. The van der Waals surface area contributed by atoms with Crippen molar-refractivity contribution in [1.82, 2.24) is 9.97 Å². The van der Waals surface area contributed by atoms with Crippen molar-refractivity contribution in [2.75, 3.05) is 5.32 Å². The van der Waals surface area contributed by atoms with E-state index < -0.39 is 5.97 Å². The molecule has 6 heteroatoms. The molecule has 2 N–H and O–H groups in total. The standard InChI is InChI=1S/C10H13N3O3/c1-7(3-10(15)16)2-9(14)13-8-4-11-6-12-5-8/h4-7H,2-3H2,1H3,(H,13,14)(H,15,16). The Balaban J connectivity index is 2.39.